The molecule has 0 saturated carbocycles. The Kier molecular flexibility index (Phi) is 12.3. The van der Waals surface area contributed by atoms with Gasteiger partial charge in [-0.2, -0.15) is 0 Å². The van der Waals surface area contributed by atoms with Crippen molar-refractivity contribution in [2.45, 2.75) is 29.7 Å². The Bertz CT molecular complexity index is 2480. The van der Waals surface area contributed by atoms with Crippen LogP contribution in [0.25, 0.3) is 0 Å². The van der Waals surface area contributed by atoms with Gasteiger partial charge in [-0.25, -0.2) is 14.6 Å². The number of ether oxygens (including phenoxy) is 3. The molecule has 2 unspecified atom stereocenters. The van der Waals surface area contributed by atoms with E-state index in [9.17, 15) is 24.1 Å². The topological polar surface area (TPSA) is 180 Å². The third-order valence-corrected chi connectivity index (χ3v) is 12.1. The highest BCUT2D eigenvalue weighted by Crippen LogP contribution is 2.42. The fourth-order valence-electron chi connectivity index (χ4n) is 7.04. The van der Waals surface area contributed by atoms with Crippen LogP contribution in [0.3, 0.4) is 0 Å². The number of aromatic nitrogens is 1. The highest BCUT2D eigenvalue weighted by Gasteiger charge is 2.55. The summed E-state index contributed by atoms with van der Waals surface area (Å²) < 4.78 is 18.4. The van der Waals surface area contributed by atoms with Crippen LogP contribution in [0, 0.1) is 4.91 Å². The van der Waals surface area contributed by atoms with Gasteiger partial charge in [-0.1, -0.05) is 121 Å². The fourth-order valence-corrected chi connectivity index (χ4v) is 8.95. The van der Waals surface area contributed by atoms with Gasteiger partial charge in [0, 0.05) is 16.7 Å². The minimum atomic E-state index is -1.52. The monoisotopic (exact) mass is 851 g/mol. The number of β-lactam (4-membered cyclic amide) rings is 1. The first-order valence-electron chi connectivity index (χ1n) is 19.1. The molecule has 2 aliphatic heterocycles. The number of nitrogens with two attached hydrogens (primary N) is 1. The van der Waals surface area contributed by atoms with Gasteiger partial charge in [-0.15, -0.1) is 28.0 Å². The molecule has 3 heterocycles. The standard InChI is InChI=1S/C46H37N5O8S2/c47-46-48-35(27-61-46)36(50-56)41(52)49-37-42(53)51-38(45(55)59-40(30-17-9-3-10-18-30)31-19-11-4-12-20-31)33(26-60-43(37)51)25-57-34-23-21-32(22-24-34)44(54)58-39(28-13-5-1-6-14-28)29-15-7-2-8-16-29/h1-24,27,36-37,39-40,43H,25-26H2,(H2,47,48)(H,49,52)/t36?,37?,43-/m0/s1. The van der Waals surface area contributed by atoms with E-state index in [0.29, 0.717) is 16.9 Å². The first kappa shape index (κ1) is 40.7. The van der Waals surface area contributed by atoms with E-state index >= 15 is 0 Å². The number of esters is 2. The number of nitroso groups, excluding NO2 is 1. The van der Waals surface area contributed by atoms with E-state index in [2.05, 4.69) is 15.5 Å². The van der Waals surface area contributed by atoms with Gasteiger partial charge in [-0.05, 0) is 51.7 Å². The molecule has 13 nitrogen and oxygen atoms in total. The van der Waals surface area contributed by atoms with Crippen LogP contribution in [-0.2, 0) is 23.9 Å². The maximum absolute atomic E-state index is 14.4. The number of benzene rings is 5. The Labute approximate surface area is 358 Å². The van der Waals surface area contributed by atoms with Crippen molar-refractivity contribution in [3.63, 3.8) is 0 Å². The molecule has 15 heteroatoms. The molecule has 3 N–H and O–H groups in total. The summed E-state index contributed by atoms with van der Waals surface area (Å²) in [7, 11) is 0. The Morgan fingerprint density at radius 3 is 1.74 bits per heavy atom. The molecule has 61 heavy (non-hydrogen) atoms. The molecule has 8 rings (SSSR count). The molecule has 1 fully saturated rings. The molecule has 0 bridgehead atoms. The van der Waals surface area contributed by atoms with Crippen molar-refractivity contribution in [2.24, 2.45) is 5.18 Å². The van der Waals surface area contributed by atoms with Crippen molar-refractivity contribution in [3.8, 4) is 5.75 Å². The van der Waals surface area contributed by atoms with E-state index in [1.807, 2.05) is 121 Å². The van der Waals surface area contributed by atoms with Crippen molar-refractivity contribution >= 4 is 52.0 Å². The number of nitrogens with zero attached hydrogens (tertiary/aromatic N) is 3. The summed E-state index contributed by atoms with van der Waals surface area (Å²) >= 11 is 2.36. The quantitative estimate of drug-likeness (QED) is 0.0592. The molecule has 1 aromatic heterocycles. The number of amides is 2. The van der Waals surface area contributed by atoms with Crippen LogP contribution in [0.15, 0.2) is 167 Å². The van der Waals surface area contributed by atoms with Gasteiger partial charge in [0.2, 0.25) is 6.04 Å². The third-order valence-electron chi connectivity index (χ3n) is 10.1. The van der Waals surface area contributed by atoms with Gasteiger partial charge in [0.25, 0.3) is 11.8 Å². The maximum Gasteiger partial charge on any atom is 0.356 e. The molecule has 0 aliphatic carbocycles. The molecule has 306 valence electrons. The van der Waals surface area contributed by atoms with Crippen molar-refractivity contribution in [2.75, 3.05) is 18.1 Å². The van der Waals surface area contributed by atoms with Crippen molar-refractivity contribution in [3.05, 3.63) is 201 Å². The number of carbonyl (C=O) groups excluding carboxylic acids is 4. The molecular weight excluding hydrogens is 815 g/mol. The molecule has 1 saturated heterocycles. The highest BCUT2D eigenvalue weighted by molar-refractivity contribution is 8.00. The van der Waals surface area contributed by atoms with Gasteiger partial charge in [0.05, 0.1) is 11.3 Å². The second-order valence-corrected chi connectivity index (χ2v) is 16.0. The zero-order chi connectivity index (χ0) is 42.3. The Balaban J connectivity index is 1.03. The Morgan fingerprint density at radius 2 is 1.26 bits per heavy atom. The number of fused-ring (bicyclic) bond motifs is 1. The van der Waals surface area contributed by atoms with Gasteiger partial charge in [-0.3, -0.25) is 14.5 Å². The number of carbonyl (C=O) groups is 4. The van der Waals surface area contributed by atoms with Crippen LogP contribution in [0.5, 0.6) is 5.75 Å². The molecule has 2 aliphatic rings. The van der Waals surface area contributed by atoms with Gasteiger partial charge in [0.1, 0.15) is 29.5 Å². The smallest absolute Gasteiger partial charge is 0.356 e. The SMILES string of the molecule is Nc1nc(C(N=O)C(=O)NC2C(=O)N3C(C(=O)OC(c4ccccc4)c4ccccc4)=C(COc4ccc(C(=O)OC(c5ccccc5)c5ccccc5)cc4)CS[C@@H]23)cs1. The summed E-state index contributed by atoms with van der Waals surface area (Å²) in [5.74, 6) is -2.07. The summed E-state index contributed by atoms with van der Waals surface area (Å²) in [6.07, 6.45) is -1.44. The predicted molar refractivity (Wildman–Crippen MR) is 230 cm³/mol. The number of thioether (sulfide) groups is 1. The summed E-state index contributed by atoms with van der Waals surface area (Å²) in [4.78, 5) is 72.1. The number of nitrogens with one attached hydrogen (secondary N) is 1. The molecular formula is C46H37N5O8S2. The van der Waals surface area contributed by atoms with E-state index in [0.717, 1.165) is 33.6 Å². The predicted octanol–water partition coefficient (Wildman–Crippen LogP) is 7.55. The van der Waals surface area contributed by atoms with E-state index in [4.69, 9.17) is 19.9 Å². The van der Waals surface area contributed by atoms with Crippen molar-refractivity contribution in [1.29, 1.82) is 0 Å². The molecule has 0 radical (unpaired) electrons. The van der Waals surface area contributed by atoms with E-state index in [-0.39, 0.29) is 28.9 Å². The first-order valence-corrected chi connectivity index (χ1v) is 21.1. The van der Waals surface area contributed by atoms with Crippen molar-refractivity contribution in [1.82, 2.24) is 15.2 Å². The molecule has 3 atom stereocenters. The summed E-state index contributed by atoms with van der Waals surface area (Å²) in [6, 6.07) is 41.3. The fraction of sp³-hybridized carbons (Fsp3) is 0.152. The Morgan fingerprint density at radius 1 is 0.754 bits per heavy atom. The average molecular weight is 852 g/mol. The number of nitrogen functional groups attached to an aromatic ring is 1. The number of hydrogen-bond donors (Lipinski definition) is 2. The summed E-state index contributed by atoms with van der Waals surface area (Å²) in [5.41, 5.74) is 9.63. The average Bonchev–Trinajstić information content (AvgIpc) is 3.74. The molecule has 5 aromatic carbocycles. The van der Waals surface area contributed by atoms with Crippen LogP contribution >= 0.6 is 23.1 Å². The lowest BCUT2D eigenvalue weighted by Crippen LogP contribution is -2.71. The molecule has 6 aromatic rings. The van der Waals surface area contributed by atoms with E-state index in [1.54, 1.807) is 24.3 Å². The van der Waals surface area contributed by atoms with Crippen LogP contribution in [0.2, 0.25) is 0 Å². The number of anilines is 1. The normalized spacial score (nSPS) is 16.3. The minimum absolute atomic E-state index is 0.0125. The van der Waals surface area contributed by atoms with E-state index in [1.165, 1.54) is 22.0 Å². The van der Waals surface area contributed by atoms with Crippen LogP contribution in [-0.4, -0.2) is 57.4 Å². The lowest BCUT2D eigenvalue weighted by molar-refractivity contribution is -0.154. The van der Waals surface area contributed by atoms with Gasteiger partial charge >= 0.3 is 11.9 Å². The number of thiazole rings is 1. The van der Waals surface area contributed by atoms with Gasteiger partial charge in [0.15, 0.2) is 17.3 Å². The van der Waals surface area contributed by atoms with Crippen LogP contribution in [0.1, 0.15) is 56.6 Å². The van der Waals surface area contributed by atoms with E-state index < -0.39 is 53.4 Å². The van der Waals surface area contributed by atoms with Crippen LogP contribution in [0.4, 0.5) is 5.13 Å². The number of hydrogen-bond acceptors (Lipinski definition) is 13. The van der Waals surface area contributed by atoms with Crippen molar-refractivity contribution < 1.29 is 33.4 Å². The lowest BCUT2D eigenvalue weighted by Gasteiger charge is -2.49. The third kappa shape index (κ3) is 8.93. The summed E-state index contributed by atoms with van der Waals surface area (Å²) in [6.45, 7) is -0.109. The zero-order valence-corrected chi connectivity index (χ0v) is 33.9. The zero-order valence-electron chi connectivity index (χ0n) is 32.2. The Hall–Kier alpha value is -7.10. The van der Waals surface area contributed by atoms with Gasteiger partial charge < -0.3 is 25.3 Å². The number of rotatable bonds is 15. The second kappa shape index (κ2) is 18.4. The maximum atomic E-state index is 14.4. The lowest BCUT2D eigenvalue weighted by atomic mass is 10.0. The molecule has 2 amide bonds. The molecule has 0 spiro atoms. The second-order valence-electron chi connectivity index (χ2n) is 14.0. The minimum Gasteiger partial charge on any atom is -0.489 e. The first-order chi connectivity index (χ1) is 29.8. The largest absolute Gasteiger partial charge is 0.489 e. The van der Waals surface area contributed by atoms with Crippen LogP contribution < -0.4 is 15.8 Å². The highest BCUT2D eigenvalue weighted by atomic mass is 32.2. The summed E-state index contributed by atoms with van der Waals surface area (Å²) in [5, 5.41) is 6.47.